The normalized spacial score (nSPS) is 24.9. The van der Waals surface area contributed by atoms with Gasteiger partial charge in [-0.25, -0.2) is 4.79 Å². The molecular weight excluding hydrogens is 118 g/mol. The van der Waals surface area contributed by atoms with E-state index in [0.29, 0.717) is 6.61 Å². The largest absolute Gasteiger partial charge is 0.447 e. The van der Waals surface area contributed by atoms with Crippen LogP contribution < -0.4 is 5.32 Å². The summed E-state index contributed by atoms with van der Waals surface area (Å²) >= 11 is 0. The Balaban J connectivity index is 2.29. The lowest BCUT2D eigenvalue weighted by Gasteiger charge is -1.99. The fourth-order valence-electron chi connectivity index (χ4n) is 0.754. The summed E-state index contributed by atoms with van der Waals surface area (Å²) < 4.78 is 4.62. The van der Waals surface area contributed by atoms with Gasteiger partial charge in [-0.1, -0.05) is 6.08 Å². The fraction of sp³-hybridized carbons (Fsp3) is 0.500. The van der Waals surface area contributed by atoms with E-state index in [1.807, 2.05) is 0 Å². The Morgan fingerprint density at radius 2 is 2.78 bits per heavy atom. The Bertz CT molecular complexity index is 133. The number of amides is 1. The number of carbonyl (C=O) groups excluding carboxylic acids is 1. The van der Waals surface area contributed by atoms with Gasteiger partial charge in [-0.2, -0.15) is 0 Å². The number of ether oxygens (including phenoxy) is 1. The highest BCUT2D eigenvalue weighted by molar-refractivity contribution is 5.69. The van der Waals surface area contributed by atoms with Crippen molar-refractivity contribution >= 4 is 6.09 Å². The lowest BCUT2D eigenvalue weighted by molar-refractivity contribution is 0.177. The number of carbonyl (C=O) groups is 1. The third kappa shape index (κ3) is 1.45. The van der Waals surface area contributed by atoms with Gasteiger partial charge in [0, 0.05) is 0 Å². The van der Waals surface area contributed by atoms with Gasteiger partial charge in [-0.05, 0) is 6.42 Å². The van der Waals surface area contributed by atoms with Crippen molar-refractivity contribution in [3.8, 4) is 0 Å². The Morgan fingerprint density at radius 3 is 3.22 bits per heavy atom. The lowest BCUT2D eigenvalue weighted by atomic mass is 10.2. The third-order valence-corrected chi connectivity index (χ3v) is 1.19. The van der Waals surface area contributed by atoms with Crippen molar-refractivity contribution in [2.45, 2.75) is 12.5 Å². The van der Waals surface area contributed by atoms with Gasteiger partial charge in [0.1, 0.15) is 6.61 Å². The highest BCUT2D eigenvalue weighted by atomic mass is 16.6. The van der Waals surface area contributed by atoms with Gasteiger partial charge < -0.3 is 10.1 Å². The predicted octanol–water partition coefficient (Wildman–Crippen LogP) is 0.671. The standard InChI is InChI=1S/C6H9NO2/c1-2-3-5-4-9-6(8)7-5/h2,5H,1,3-4H2,(H,7,8)/t5-/m0/s1. The molecular formula is C6H9NO2. The third-order valence-electron chi connectivity index (χ3n) is 1.19. The van der Waals surface area contributed by atoms with E-state index in [-0.39, 0.29) is 12.1 Å². The number of cyclic esters (lactones) is 1. The summed E-state index contributed by atoms with van der Waals surface area (Å²) in [6.45, 7) is 4.02. The monoisotopic (exact) mass is 127 g/mol. The first-order valence-corrected chi connectivity index (χ1v) is 2.87. The molecule has 0 spiro atoms. The summed E-state index contributed by atoms with van der Waals surface area (Å²) in [5.41, 5.74) is 0. The molecule has 3 heteroatoms. The number of alkyl carbamates (subject to hydrolysis) is 1. The molecule has 1 N–H and O–H groups in total. The summed E-state index contributed by atoms with van der Waals surface area (Å²) in [5.74, 6) is 0. The summed E-state index contributed by atoms with van der Waals surface area (Å²) in [4.78, 5) is 10.4. The number of hydrogen-bond donors (Lipinski definition) is 1. The Kier molecular flexibility index (Phi) is 1.72. The molecule has 1 aliphatic heterocycles. The quantitative estimate of drug-likeness (QED) is 0.554. The van der Waals surface area contributed by atoms with Crippen molar-refractivity contribution in [2.24, 2.45) is 0 Å². The smallest absolute Gasteiger partial charge is 0.407 e. The fourth-order valence-corrected chi connectivity index (χ4v) is 0.754. The van der Waals surface area contributed by atoms with Crippen LogP contribution in [0.1, 0.15) is 6.42 Å². The zero-order valence-electron chi connectivity index (χ0n) is 5.09. The van der Waals surface area contributed by atoms with Crippen LogP contribution in [0, 0.1) is 0 Å². The van der Waals surface area contributed by atoms with E-state index in [0.717, 1.165) is 6.42 Å². The van der Waals surface area contributed by atoms with Gasteiger partial charge >= 0.3 is 6.09 Å². The van der Waals surface area contributed by atoms with Crippen LogP contribution in [-0.2, 0) is 4.74 Å². The highest BCUT2D eigenvalue weighted by Gasteiger charge is 2.19. The number of hydrogen-bond acceptors (Lipinski definition) is 2. The van der Waals surface area contributed by atoms with E-state index in [1.54, 1.807) is 6.08 Å². The zero-order valence-corrected chi connectivity index (χ0v) is 5.09. The number of rotatable bonds is 2. The van der Waals surface area contributed by atoms with E-state index in [4.69, 9.17) is 0 Å². The van der Waals surface area contributed by atoms with E-state index < -0.39 is 0 Å². The second-order valence-electron chi connectivity index (χ2n) is 1.96. The van der Waals surface area contributed by atoms with Gasteiger partial charge in [0.25, 0.3) is 0 Å². The predicted molar refractivity (Wildman–Crippen MR) is 33.1 cm³/mol. The molecule has 0 aromatic heterocycles. The van der Waals surface area contributed by atoms with Crippen LogP contribution in [0.15, 0.2) is 12.7 Å². The van der Waals surface area contributed by atoms with E-state index >= 15 is 0 Å². The lowest BCUT2D eigenvalue weighted by Crippen LogP contribution is -2.24. The minimum Gasteiger partial charge on any atom is -0.447 e. The van der Waals surface area contributed by atoms with Crippen LogP contribution in [0.4, 0.5) is 4.79 Å². The molecule has 0 bridgehead atoms. The van der Waals surface area contributed by atoms with Gasteiger partial charge in [0.15, 0.2) is 0 Å². The average Bonchev–Trinajstić information content (AvgIpc) is 2.17. The molecule has 0 saturated carbocycles. The minimum absolute atomic E-state index is 0.148. The summed E-state index contributed by atoms with van der Waals surface area (Å²) in [5, 5.41) is 2.62. The van der Waals surface area contributed by atoms with Crippen molar-refractivity contribution < 1.29 is 9.53 Å². The molecule has 1 amide bonds. The summed E-state index contributed by atoms with van der Waals surface area (Å²) in [7, 11) is 0. The molecule has 1 saturated heterocycles. The van der Waals surface area contributed by atoms with E-state index in [9.17, 15) is 4.79 Å². The topological polar surface area (TPSA) is 38.3 Å². The Labute approximate surface area is 53.7 Å². The zero-order chi connectivity index (χ0) is 6.69. The second kappa shape index (κ2) is 2.53. The van der Waals surface area contributed by atoms with Crippen LogP contribution >= 0.6 is 0 Å². The maximum absolute atomic E-state index is 10.4. The van der Waals surface area contributed by atoms with Crippen LogP contribution in [0.5, 0.6) is 0 Å². The average molecular weight is 127 g/mol. The highest BCUT2D eigenvalue weighted by Crippen LogP contribution is 2.01. The molecule has 0 aliphatic carbocycles. The molecule has 0 radical (unpaired) electrons. The molecule has 0 unspecified atom stereocenters. The first kappa shape index (κ1) is 6.13. The van der Waals surface area contributed by atoms with Crippen molar-refractivity contribution in [1.29, 1.82) is 0 Å². The van der Waals surface area contributed by atoms with Crippen LogP contribution in [0.3, 0.4) is 0 Å². The van der Waals surface area contributed by atoms with Crippen LogP contribution in [0.25, 0.3) is 0 Å². The first-order valence-electron chi connectivity index (χ1n) is 2.87. The minimum atomic E-state index is -0.318. The second-order valence-corrected chi connectivity index (χ2v) is 1.96. The van der Waals surface area contributed by atoms with Crippen molar-refractivity contribution in [1.82, 2.24) is 5.32 Å². The van der Waals surface area contributed by atoms with Crippen LogP contribution in [0.2, 0.25) is 0 Å². The SMILES string of the molecule is C=CC[C@H]1COC(=O)N1. The Morgan fingerprint density at radius 1 is 2.00 bits per heavy atom. The molecule has 0 aromatic carbocycles. The van der Waals surface area contributed by atoms with Gasteiger partial charge in [-0.3, -0.25) is 0 Å². The summed E-state index contributed by atoms with van der Waals surface area (Å²) in [6.07, 6.45) is 2.23. The van der Waals surface area contributed by atoms with Gasteiger partial charge in [0.05, 0.1) is 6.04 Å². The summed E-state index contributed by atoms with van der Waals surface area (Å²) in [6, 6.07) is 0.148. The van der Waals surface area contributed by atoms with Gasteiger partial charge in [-0.15, -0.1) is 6.58 Å². The van der Waals surface area contributed by atoms with E-state index in [1.165, 1.54) is 0 Å². The maximum atomic E-state index is 10.4. The molecule has 1 heterocycles. The Hall–Kier alpha value is -0.990. The number of nitrogens with one attached hydrogen (secondary N) is 1. The molecule has 9 heavy (non-hydrogen) atoms. The molecule has 50 valence electrons. The molecule has 1 rings (SSSR count). The molecule has 3 nitrogen and oxygen atoms in total. The molecule has 0 aromatic rings. The first-order chi connectivity index (χ1) is 4.33. The van der Waals surface area contributed by atoms with Crippen LogP contribution in [-0.4, -0.2) is 18.7 Å². The molecule has 1 atom stereocenters. The van der Waals surface area contributed by atoms with Crippen molar-refractivity contribution in [3.63, 3.8) is 0 Å². The van der Waals surface area contributed by atoms with Crippen molar-refractivity contribution in [2.75, 3.05) is 6.61 Å². The molecule has 1 fully saturated rings. The molecule has 1 aliphatic rings. The van der Waals surface area contributed by atoms with Crippen molar-refractivity contribution in [3.05, 3.63) is 12.7 Å². The van der Waals surface area contributed by atoms with E-state index in [2.05, 4.69) is 16.6 Å². The van der Waals surface area contributed by atoms with Gasteiger partial charge in [0.2, 0.25) is 0 Å². The maximum Gasteiger partial charge on any atom is 0.407 e.